The van der Waals surface area contributed by atoms with Gasteiger partial charge in [-0.3, -0.25) is 4.79 Å². The van der Waals surface area contributed by atoms with E-state index in [2.05, 4.69) is 10.0 Å². The van der Waals surface area contributed by atoms with Gasteiger partial charge in [-0.05, 0) is 39.3 Å². The largest absolute Gasteiger partial charge is 0.464 e. The van der Waals surface area contributed by atoms with E-state index in [9.17, 15) is 22.8 Å². The van der Waals surface area contributed by atoms with Crippen molar-refractivity contribution in [1.82, 2.24) is 10.0 Å². The second-order valence-corrected chi connectivity index (χ2v) is 9.82. The number of rotatable bonds is 12. The van der Waals surface area contributed by atoms with Crippen LogP contribution in [0.2, 0.25) is 0 Å². The summed E-state index contributed by atoms with van der Waals surface area (Å²) in [5.41, 5.74) is -1.24. The molecule has 184 valence electrons. The molecule has 1 amide bonds. The van der Waals surface area contributed by atoms with Crippen LogP contribution in [0.5, 0.6) is 0 Å². The third-order valence-corrected chi connectivity index (χ3v) is 7.20. The summed E-state index contributed by atoms with van der Waals surface area (Å²) < 4.78 is 38.8. The third kappa shape index (κ3) is 5.92. The Morgan fingerprint density at radius 2 is 1.58 bits per heavy atom. The predicted molar refractivity (Wildman–Crippen MR) is 122 cm³/mol. The van der Waals surface area contributed by atoms with Gasteiger partial charge < -0.3 is 14.8 Å². The minimum atomic E-state index is -4.10. The summed E-state index contributed by atoms with van der Waals surface area (Å²) in [7, 11) is -4.10. The topological polar surface area (TPSA) is 128 Å². The lowest BCUT2D eigenvalue weighted by Crippen LogP contribution is -2.61. The fourth-order valence-electron chi connectivity index (χ4n) is 4.04. The highest BCUT2D eigenvalue weighted by molar-refractivity contribution is 7.89. The lowest BCUT2D eigenvalue weighted by molar-refractivity contribution is -0.168. The van der Waals surface area contributed by atoms with Gasteiger partial charge in [-0.15, -0.1) is 0 Å². The summed E-state index contributed by atoms with van der Waals surface area (Å²) in [5, 5.41) is 2.45. The van der Waals surface area contributed by atoms with Gasteiger partial charge in [0.05, 0.1) is 18.1 Å². The van der Waals surface area contributed by atoms with Crippen molar-refractivity contribution in [3.63, 3.8) is 0 Å². The molecule has 1 heterocycles. The molecule has 1 aromatic carbocycles. The van der Waals surface area contributed by atoms with Gasteiger partial charge in [-0.25, -0.2) is 18.0 Å². The maximum absolute atomic E-state index is 13.0. The van der Waals surface area contributed by atoms with E-state index in [0.29, 0.717) is 6.42 Å². The number of nitrogens with one attached hydrogen (secondary N) is 2. The first-order valence-electron chi connectivity index (χ1n) is 11.4. The van der Waals surface area contributed by atoms with E-state index >= 15 is 0 Å². The molecule has 0 bridgehead atoms. The van der Waals surface area contributed by atoms with Crippen molar-refractivity contribution in [2.45, 2.75) is 76.3 Å². The van der Waals surface area contributed by atoms with Crippen molar-refractivity contribution in [2.75, 3.05) is 13.2 Å². The highest BCUT2D eigenvalue weighted by Crippen LogP contribution is 2.36. The highest BCUT2D eigenvalue weighted by atomic mass is 32.2. The number of sulfonamides is 1. The Labute approximate surface area is 195 Å². The Kier molecular flexibility index (Phi) is 9.42. The summed E-state index contributed by atoms with van der Waals surface area (Å²) in [5.74, 6) is -3.68. The van der Waals surface area contributed by atoms with Crippen LogP contribution in [-0.2, 0) is 33.9 Å². The third-order valence-electron chi connectivity index (χ3n) is 5.74. The second-order valence-electron chi connectivity index (χ2n) is 8.11. The molecule has 2 rings (SSSR count). The molecule has 0 saturated carbocycles. The summed E-state index contributed by atoms with van der Waals surface area (Å²) in [6, 6.07) is 4.82. The van der Waals surface area contributed by atoms with Crippen molar-refractivity contribution in [3.05, 3.63) is 29.8 Å². The van der Waals surface area contributed by atoms with Crippen LogP contribution in [0.25, 0.3) is 0 Å². The number of carbonyl (C=O) groups excluding carboxylic acids is 3. The summed E-state index contributed by atoms with van der Waals surface area (Å²) in [6.07, 6.45) is 3.54. The lowest BCUT2D eigenvalue weighted by Gasteiger charge is -2.31. The van der Waals surface area contributed by atoms with Crippen LogP contribution in [0.4, 0.5) is 0 Å². The molecule has 2 N–H and O–H groups in total. The maximum atomic E-state index is 13.0. The average molecular weight is 483 g/mol. The fourth-order valence-corrected chi connectivity index (χ4v) is 5.27. The molecule has 1 aromatic rings. The van der Waals surface area contributed by atoms with Gasteiger partial charge in [0.1, 0.15) is 6.04 Å². The Morgan fingerprint density at radius 1 is 1.00 bits per heavy atom. The molecule has 0 radical (unpaired) electrons. The fraction of sp³-hybridized carbons (Fsp3) is 0.609. The molecule has 9 nitrogen and oxygen atoms in total. The minimum Gasteiger partial charge on any atom is -0.464 e. The molecule has 2 unspecified atom stereocenters. The molecule has 1 fully saturated rings. The number of ether oxygens (including phenoxy) is 2. The molecular weight excluding hydrogens is 448 g/mol. The zero-order chi connectivity index (χ0) is 24.6. The van der Waals surface area contributed by atoms with Gasteiger partial charge >= 0.3 is 11.9 Å². The smallest absolute Gasteiger partial charge is 0.344 e. The van der Waals surface area contributed by atoms with Crippen LogP contribution < -0.4 is 10.0 Å². The number of hydrogen-bond acceptors (Lipinski definition) is 7. The Balaban J connectivity index is 2.48. The number of amides is 1. The van der Waals surface area contributed by atoms with Crippen molar-refractivity contribution in [3.8, 4) is 0 Å². The van der Waals surface area contributed by atoms with Crippen LogP contribution >= 0.6 is 0 Å². The molecule has 2 atom stereocenters. The van der Waals surface area contributed by atoms with Gasteiger partial charge in [0.15, 0.2) is 0 Å². The van der Waals surface area contributed by atoms with Crippen molar-refractivity contribution < 1.29 is 32.3 Å². The number of unbranched alkanes of at least 4 members (excludes halogenated alkanes) is 3. The summed E-state index contributed by atoms with van der Waals surface area (Å²) in [4.78, 5) is 39.1. The number of aryl methyl sites for hydroxylation is 1. The number of hydrogen-bond donors (Lipinski definition) is 2. The van der Waals surface area contributed by atoms with Crippen LogP contribution in [0.1, 0.15) is 58.4 Å². The molecule has 33 heavy (non-hydrogen) atoms. The second kappa shape index (κ2) is 11.6. The number of benzene rings is 1. The van der Waals surface area contributed by atoms with E-state index < -0.39 is 45.4 Å². The lowest BCUT2D eigenvalue weighted by atomic mass is 9.79. The first kappa shape index (κ1) is 26.8. The van der Waals surface area contributed by atoms with E-state index in [1.165, 1.54) is 12.1 Å². The molecular formula is C23H34N2O7S. The number of esters is 2. The normalized spacial score (nSPS) is 19.7. The van der Waals surface area contributed by atoms with Crippen molar-refractivity contribution in [2.24, 2.45) is 5.92 Å². The van der Waals surface area contributed by atoms with Crippen LogP contribution in [-0.4, -0.2) is 51.1 Å². The molecule has 0 aromatic heterocycles. The molecule has 0 aliphatic carbocycles. The monoisotopic (exact) mass is 482 g/mol. The summed E-state index contributed by atoms with van der Waals surface area (Å²) >= 11 is 0. The maximum Gasteiger partial charge on any atom is 0.344 e. The van der Waals surface area contributed by atoms with E-state index in [4.69, 9.17) is 9.47 Å². The van der Waals surface area contributed by atoms with E-state index in [1.54, 1.807) is 26.0 Å². The van der Waals surface area contributed by atoms with Gasteiger partial charge in [-0.1, -0.05) is 50.3 Å². The van der Waals surface area contributed by atoms with Gasteiger partial charge in [-0.2, -0.15) is 4.72 Å². The van der Waals surface area contributed by atoms with Crippen LogP contribution in [0.3, 0.4) is 0 Å². The first-order valence-corrected chi connectivity index (χ1v) is 12.9. The molecule has 1 saturated heterocycles. The van der Waals surface area contributed by atoms with Crippen molar-refractivity contribution in [1.29, 1.82) is 0 Å². The van der Waals surface area contributed by atoms with Crippen LogP contribution in [0, 0.1) is 12.8 Å². The molecule has 10 heteroatoms. The number of carbonyl (C=O) groups is 3. The molecule has 1 aliphatic heterocycles. The summed E-state index contributed by atoms with van der Waals surface area (Å²) in [6.45, 7) is 7.01. The van der Waals surface area contributed by atoms with Crippen LogP contribution in [0.15, 0.2) is 29.2 Å². The van der Waals surface area contributed by atoms with Gasteiger partial charge in [0, 0.05) is 5.92 Å². The Hall–Kier alpha value is -2.46. The van der Waals surface area contributed by atoms with E-state index in [-0.39, 0.29) is 24.5 Å². The highest BCUT2D eigenvalue weighted by Gasteiger charge is 2.65. The Morgan fingerprint density at radius 3 is 2.09 bits per heavy atom. The van der Waals surface area contributed by atoms with Gasteiger partial charge in [0.25, 0.3) is 0 Å². The average Bonchev–Trinajstić information content (AvgIpc) is 3.04. The zero-order valence-electron chi connectivity index (χ0n) is 19.7. The quantitative estimate of drug-likeness (QED) is 0.266. The zero-order valence-corrected chi connectivity index (χ0v) is 20.5. The minimum absolute atomic E-state index is 0.0157. The Bertz CT molecular complexity index is 926. The van der Waals surface area contributed by atoms with E-state index in [0.717, 1.165) is 24.8 Å². The van der Waals surface area contributed by atoms with Gasteiger partial charge in [0.2, 0.25) is 21.5 Å². The SMILES string of the molecule is CCCCCCC1C(NS(=O)(=O)c2ccc(C)cc2)C(=O)NC1(C(=O)OCC)C(=O)OCC. The van der Waals surface area contributed by atoms with E-state index in [1.807, 2.05) is 13.8 Å². The standard InChI is InChI=1S/C23H34N2O7S/c1-5-8-9-10-11-18-19(25-33(29,30)17-14-12-16(4)13-15-17)20(26)24-23(18,21(27)31-6-2)22(28)32-7-3/h12-15,18-19,25H,5-11H2,1-4H3,(H,24,26). The first-order chi connectivity index (χ1) is 15.6. The van der Waals surface area contributed by atoms with Crippen molar-refractivity contribution >= 4 is 27.9 Å². The predicted octanol–water partition coefficient (Wildman–Crippen LogP) is 2.22. The molecule has 0 spiro atoms. The molecule has 1 aliphatic rings.